The zero-order chi connectivity index (χ0) is 24.1. The number of hydrogen-bond acceptors (Lipinski definition) is 2. The lowest BCUT2D eigenvalue weighted by molar-refractivity contribution is -0.985. The smallest absolute Gasteiger partial charge is 0.382 e. The van der Waals surface area contributed by atoms with Crippen LogP contribution in [0.3, 0.4) is 0 Å². The molecule has 34 heavy (non-hydrogen) atoms. The van der Waals surface area contributed by atoms with E-state index in [4.69, 9.17) is 0 Å². The van der Waals surface area contributed by atoms with E-state index in [0.717, 1.165) is 41.9 Å². The summed E-state index contributed by atoms with van der Waals surface area (Å²) in [7, 11) is 0. The average Bonchev–Trinajstić information content (AvgIpc) is 2.84. The standard InChI is InChI=1S/C27H27F4N2O/c1-2-17-15-33(16-19-7-8-20(14-23(19)28)27(29,30)31)12-10-18(17)13-25(33)26(34)22-9-11-32-24-6-4-3-5-21(22)24/h2-9,11,14,17-18,25-26,34H,1,10,12-13,15-16H2/q+1/t17?,18?,25?,26-,33?/m0/s1. The first-order valence-electron chi connectivity index (χ1n) is 11.6. The number of aromatic nitrogens is 1. The van der Waals surface area contributed by atoms with Crippen LogP contribution in [0, 0.1) is 17.7 Å². The van der Waals surface area contributed by atoms with Crippen molar-refractivity contribution in [1.29, 1.82) is 0 Å². The lowest BCUT2D eigenvalue weighted by Gasteiger charge is -2.58. The molecule has 0 radical (unpaired) electrons. The quantitative estimate of drug-likeness (QED) is 0.280. The molecule has 3 aromatic rings. The van der Waals surface area contributed by atoms with Gasteiger partial charge in [-0.1, -0.05) is 24.3 Å². The molecule has 0 amide bonds. The first-order valence-corrected chi connectivity index (χ1v) is 11.6. The largest absolute Gasteiger partial charge is 0.416 e. The van der Waals surface area contributed by atoms with Crippen LogP contribution in [0.5, 0.6) is 0 Å². The molecule has 1 N–H and O–H groups in total. The van der Waals surface area contributed by atoms with E-state index in [9.17, 15) is 22.7 Å². The SMILES string of the molecule is C=CC1C[N+]2(Cc3ccc(C(F)(F)F)cc3F)CCC1CC2[C@@H](O)c1ccnc2ccccc12. The molecule has 0 aliphatic carbocycles. The Morgan fingerprint density at radius 1 is 1.18 bits per heavy atom. The Balaban J connectivity index is 1.54. The summed E-state index contributed by atoms with van der Waals surface area (Å²) in [5.41, 5.74) is 0.825. The molecule has 2 bridgehead atoms. The monoisotopic (exact) mass is 471 g/mol. The molecule has 0 spiro atoms. The third-order valence-corrected chi connectivity index (χ3v) is 7.91. The summed E-state index contributed by atoms with van der Waals surface area (Å²) in [5, 5.41) is 12.6. The molecule has 3 nitrogen and oxygen atoms in total. The highest BCUT2D eigenvalue weighted by Gasteiger charge is 2.54. The van der Waals surface area contributed by atoms with Crippen LogP contribution in [0.4, 0.5) is 17.6 Å². The molecule has 178 valence electrons. The van der Waals surface area contributed by atoms with Gasteiger partial charge in [0.2, 0.25) is 0 Å². The number of pyridine rings is 1. The summed E-state index contributed by atoms with van der Waals surface area (Å²) in [5.74, 6) is -0.251. The van der Waals surface area contributed by atoms with E-state index in [0.29, 0.717) is 23.0 Å². The van der Waals surface area contributed by atoms with Gasteiger partial charge in [0.25, 0.3) is 0 Å². The summed E-state index contributed by atoms with van der Waals surface area (Å²) in [6.45, 7) is 5.63. The lowest BCUT2D eigenvalue weighted by atomic mass is 9.71. The number of fused-ring (bicyclic) bond motifs is 4. The van der Waals surface area contributed by atoms with Gasteiger partial charge < -0.3 is 9.59 Å². The van der Waals surface area contributed by atoms with E-state index in [2.05, 4.69) is 11.6 Å². The second-order valence-electron chi connectivity index (χ2n) is 9.70. The van der Waals surface area contributed by atoms with E-state index in [1.165, 1.54) is 6.07 Å². The summed E-state index contributed by atoms with van der Waals surface area (Å²) in [4.78, 5) is 4.40. The fourth-order valence-corrected chi connectivity index (χ4v) is 6.16. The topological polar surface area (TPSA) is 33.1 Å². The van der Waals surface area contributed by atoms with Crippen molar-refractivity contribution in [3.63, 3.8) is 0 Å². The number of benzene rings is 2. The molecule has 5 atom stereocenters. The predicted molar refractivity (Wildman–Crippen MR) is 122 cm³/mol. The number of nitrogens with zero attached hydrogens (tertiary/aromatic N) is 2. The van der Waals surface area contributed by atoms with Gasteiger partial charge >= 0.3 is 6.18 Å². The van der Waals surface area contributed by atoms with Crippen LogP contribution in [-0.2, 0) is 12.7 Å². The van der Waals surface area contributed by atoms with Crippen molar-refractivity contribution in [1.82, 2.24) is 4.98 Å². The molecule has 0 saturated carbocycles. The minimum absolute atomic E-state index is 0.206. The van der Waals surface area contributed by atoms with E-state index < -0.39 is 23.7 Å². The summed E-state index contributed by atoms with van der Waals surface area (Å²) in [6.07, 6.45) is -0.117. The van der Waals surface area contributed by atoms with Crippen LogP contribution < -0.4 is 0 Å². The van der Waals surface area contributed by atoms with Gasteiger partial charge in [-0.25, -0.2) is 4.39 Å². The molecular weight excluding hydrogens is 444 g/mol. The highest BCUT2D eigenvalue weighted by Crippen LogP contribution is 2.48. The van der Waals surface area contributed by atoms with Gasteiger partial charge in [-0.05, 0) is 41.8 Å². The zero-order valence-corrected chi connectivity index (χ0v) is 18.7. The van der Waals surface area contributed by atoms with Crippen molar-refractivity contribution >= 4 is 10.9 Å². The van der Waals surface area contributed by atoms with Crippen molar-refractivity contribution in [2.75, 3.05) is 13.1 Å². The Morgan fingerprint density at radius 3 is 2.71 bits per heavy atom. The number of halogens is 4. The summed E-state index contributed by atoms with van der Waals surface area (Å²) >= 11 is 0. The van der Waals surface area contributed by atoms with Gasteiger partial charge in [0.15, 0.2) is 0 Å². The van der Waals surface area contributed by atoms with Crippen molar-refractivity contribution in [2.45, 2.75) is 37.7 Å². The average molecular weight is 472 g/mol. The maximum atomic E-state index is 14.9. The molecule has 3 saturated heterocycles. The number of para-hydroxylation sites is 1. The Hall–Kier alpha value is -2.77. The molecule has 1 aromatic heterocycles. The third-order valence-electron chi connectivity index (χ3n) is 7.91. The van der Waals surface area contributed by atoms with Crippen LogP contribution in [0.15, 0.2) is 67.4 Å². The molecule has 6 rings (SSSR count). The van der Waals surface area contributed by atoms with Crippen LogP contribution in [0.2, 0.25) is 0 Å². The maximum Gasteiger partial charge on any atom is 0.416 e. The number of aliphatic hydroxyl groups excluding tert-OH is 1. The molecule has 4 unspecified atom stereocenters. The van der Waals surface area contributed by atoms with Gasteiger partial charge in [-0.15, -0.1) is 6.58 Å². The number of quaternary nitrogens is 1. The molecule has 2 aromatic carbocycles. The molecule has 4 heterocycles. The number of aliphatic hydroxyl groups is 1. The minimum Gasteiger partial charge on any atom is -0.382 e. The first kappa shape index (κ1) is 23.0. The van der Waals surface area contributed by atoms with E-state index in [-0.39, 0.29) is 24.1 Å². The van der Waals surface area contributed by atoms with Gasteiger partial charge in [0.05, 0.1) is 24.2 Å². The normalized spacial score (nSPS) is 27.6. The lowest BCUT2D eigenvalue weighted by Crippen LogP contribution is -2.67. The Kier molecular flexibility index (Phi) is 5.73. The second kappa shape index (κ2) is 8.47. The van der Waals surface area contributed by atoms with E-state index in [1.807, 2.05) is 36.4 Å². The minimum atomic E-state index is -4.59. The van der Waals surface area contributed by atoms with Crippen LogP contribution in [-0.4, -0.2) is 33.7 Å². The molecular formula is C27H27F4N2O+. The van der Waals surface area contributed by atoms with Crippen LogP contribution in [0.1, 0.15) is 35.6 Å². The van der Waals surface area contributed by atoms with E-state index in [1.54, 1.807) is 6.20 Å². The highest BCUT2D eigenvalue weighted by atomic mass is 19.4. The Morgan fingerprint density at radius 2 is 1.97 bits per heavy atom. The van der Waals surface area contributed by atoms with Gasteiger partial charge in [0.1, 0.15) is 24.5 Å². The first-order chi connectivity index (χ1) is 16.2. The molecule has 7 heteroatoms. The fraction of sp³-hybridized carbons (Fsp3) is 0.370. The number of rotatable bonds is 5. The van der Waals surface area contributed by atoms with Crippen LogP contribution >= 0.6 is 0 Å². The Bertz CT molecular complexity index is 1220. The number of hydrogen-bond donors (Lipinski definition) is 1. The van der Waals surface area contributed by atoms with Crippen molar-refractivity contribution < 1.29 is 27.2 Å². The zero-order valence-electron chi connectivity index (χ0n) is 18.7. The Labute approximate surface area is 195 Å². The summed E-state index contributed by atoms with van der Waals surface area (Å²) in [6, 6.07) is 12.0. The predicted octanol–water partition coefficient (Wildman–Crippen LogP) is 6.04. The van der Waals surface area contributed by atoms with Crippen molar-refractivity contribution in [3.05, 3.63) is 89.9 Å². The molecule has 3 aliphatic heterocycles. The highest BCUT2D eigenvalue weighted by molar-refractivity contribution is 5.82. The van der Waals surface area contributed by atoms with Gasteiger partial charge in [-0.3, -0.25) is 4.98 Å². The fourth-order valence-electron chi connectivity index (χ4n) is 6.16. The second-order valence-corrected chi connectivity index (χ2v) is 9.70. The number of piperidine rings is 3. The maximum absolute atomic E-state index is 14.9. The number of alkyl halides is 3. The van der Waals surface area contributed by atoms with Gasteiger partial charge in [-0.2, -0.15) is 13.2 Å². The summed E-state index contributed by atoms with van der Waals surface area (Å²) < 4.78 is 54.5. The van der Waals surface area contributed by atoms with Crippen molar-refractivity contribution in [3.8, 4) is 0 Å². The van der Waals surface area contributed by atoms with E-state index >= 15 is 0 Å². The molecule has 3 fully saturated rings. The van der Waals surface area contributed by atoms with Crippen LogP contribution in [0.25, 0.3) is 10.9 Å². The molecule has 3 aliphatic rings. The van der Waals surface area contributed by atoms with Gasteiger partial charge in [0, 0.05) is 35.9 Å². The third kappa shape index (κ3) is 3.91. The van der Waals surface area contributed by atoms with Crippen molar-refractivity contribution in [2.24, 2.45) is 11.8 Å².